The lowest BCUT2D eigenvalue weighted by atomic mass is 10.1. The molecular formula is C23H26N2O4. The maximum Gasteiger partial charge on any atom is 0.260 e. The van der Waals surface area contributed by atoms with E-state index in [0.717, 1.165) is 38.4 Å². The van der Waals surface area contributed by atoms with Crippen LogP contribution in [0.2, 0.25) is 0 Å². The summed E-state index contributed by atoms with van der Waals surface area (Å²) in [6, 6.07) is 13.3. The van der Waals surface area contributed by atoms with E-state index >= 15 is 0 Å². The number of piperazine rings is 1. The second-order valence-electron chi connectivity index (χ2n) is 7.57. The first kappa shape index (κ1) is 19.5. The fourth-order valence-electron chi connectivity index (χ4n) is 3.77. The maximum absolute atomic E-state index is 12.5. The van der Waals surface area contributed by atoms with Crippen LogP contribution in [0, 0.1) is 0 Å². The molecule has 152 valence electrons. The van der Waals surface area contributed by atoms with E-state index in [4.69, 9.17) is 9.47 Å². The van der Waals surface area contributed by atoms with Gasteiger partial charge in [0.2, 0.25) is 0 Å². The quantitative estimate of drug-likeness (QED) is 0.705. The summed E-state index contributed by atoms with van der Waals surface area (Å²) in [4.78, 5) is 28.0. The summed E-state index contributed by atoms with van der Waals surface area (Å²) in [7, 11) is 0. The molecule has 6 nitrogen and oxygen atoms in total. The van der Waals surface area contributed by atoms with Crippen LogP contribution in [0.5, 0.6) is 11.5 Å². The Balaban J connectivity index is 1.22. The highest BCUT2D eigenvalue weighted by molar-refractivity contribution is 5.94. The largest absolute Gasteiger partial charge is 0.493 e. The Labute approximate surface area is 171 Å². The Bertz CT molecular complexity index is 886. The van der Waals surface area contributed by atoms with Crippen molar-refractivity contribution in [2.45, 2.75) is 19.9 Å². The smallest absolute Gasteiger partial charge is 0.260 e. The number of amides is 1. The van der Waals surface area contributed by atoms with Crippen molar-refractivity contribution in [3.63, 3.8) is 0 Å². The second kappa shape index (κ2) is 8.66. The third-order valence-corrected chi connectivity index (χ3v) is 5.51. The molecule has 0 saturated carbocycles. The lowest BCUT2D eigenvalue weighted by Gasteiger charge is -2.34. The van der Waals surface area contributed by atoms with Crippen molar-refractivity contribution in [1.29, 1.82) is 0 Å². The summed E-state index contributed by atoms with van der Waals surface area (Å²) in [6.45, 7) is 6.34. The number of benzene rings is 2. The molecule has 0 aliphatic carbocycles. The first-order chi connectivity index (χ1) is 14.1. The average molecular weight is 394 g/mol. The number of rotatable bonds is 6. The zero-order chi connectivity index (χ0) is 20.2. The van der Waals surface area contributed by atoms with Gasteiger partial charge in [0.25, 0.3) is 5.91 Å². The first-order valence-corrected chi connectivity index (χ1v) is 10.1. The monoisotopic (exact) mass is 394 g/mol. The summed E-state index contributed by atoms with van der Waals surface area (Å²) in [6.07, 6.45) is 0.989. The van der Waals surface area contributed by atoms with E-state index in [0.29, 0.717) is 24.4 Å². The maximum atomic E-state index is 12.5. The van der Waals surface area contributed by atoms with Crippen LogP contribution in [0.3, 0.4) is 0 Å². The van der Waals surface area contributed by atoms with E-state index in [2.05, 4.69) is 23.1 Å². The van der Waals surface area contributed by atoms with Crippen LogP contribution in [-0.4, -0.2) is 60.9 Å². The highest BCUT2D eigenvalue weighted by Gasteiger charge is 2.22. The number of fused-ring (bicyclic) bond motifs is 1. The molecule has 2 aliphatic rings. The number of carbonyl (C=O) groups is 2. The molecule has 1 fully saturated rings. The fraction of sp³-hybridized carbons (Fsp3) is 0.391. The molecule has 2 aromatic carbocycles. The van der Waals surface area contributed by atoms with Crippen molar-refractivity contribution in [1.82, 2.24) is 9.80 Å². The zero-order valence-corrected chi connectivity index (χ0v) is 16.7. The predicted octanol–water partition coefficient (Wildman–Crippen LogP) is 2.55. The van der Waals surface area contributed by atoms with Gasteiger partial charge in [-0.15, -0.1) is 0 Å². The number of ether oxygens (including phenoxy) is 2. The van der Waals surface area contributed by atoms with Gasteiger partial charge in [-0.05, 0) is 48.4 Å². The predicted molar refractivity (Wildman–Crippen MR) is 109 cm³/mol. The van der Waals surface area contributed by atoms with Crippen LogP contribution in [0.15, 0.2) is 42.5 Å². The molecule has 2 heterocycles. The molecule has 0 aromatic heterocycles. The highest BCUT2D eigenvalue weighted by atomic mass is 16.5. The topological polar surface area (TPSA) is 59.1 Å². The van der Waals surface area contributed by atoms with Crippen LogP contribution in [-0.2, 0) is 17.8 Å². The van der Waals surface area contributed by atoms with Gasteiger partial charge < -0.3 is 14.4 Å². The van der Waals surface area contributed by atoms with Crippen molar-refractivity contribution in [3.8, 4) is 11.5 Å². The van der Waals surface area contributed by atoms with Gasteiger partial charge in [0.1, 0.15) is 11.5 Å². The molecule has 29 heavy (non-hydrogen) atoms. The normalized spacial score (nSPS) is 16.2. The first-order valence-electron chi connectivity index (χ1n) is 10.1. The van der Waals surface area contributed by atoms with Crippen molar-refractivity contribution in [2.24, 2.45) is 0 Å². The molecule has 0 unspecified atom stereocenters. The van der Waals surface area contributed by atoms with Gasteiger partial charge in [0, 0.05) is 44.7 Å². The Morgan fingerprint density at radius 3 is 2.52 bits per heavy atom. The molecule has 0 atom stereocenters. The molecule has 0 N–H and O–H groups in total. The summed E-state index contributed by atoms with van der Waals surface area (Å²) in [5, 5.41) is 0. The number of nitrogens with zero attached hydrogens (tertiary/aromatic N) is 2. The van der Waals surface area contributed by atoms with Crippen LogP contribution in [0.4, 0.5) is 0 Å². The summed E-state index contributed by atoms with van der Waals surface area (Å²) in [5.41, 5.74) is 3.23. The molecule has 1 amide bonds. The molecule has 0 bridgehead atoms. The fourth-order valence-corrected chi connectivity index (χ4v) is 3.77. The van der Waals surface area contributed by atoms with Crippen molar-refractivity contribution in [3.05, 3.63) is 59.2 Å². The third-order valence-electron chi connectivity index (χ3n) is 5.51. The molecule has 0 radical (unpaired) electrons. The van der Waals surface area contributed by atoms with Crippen LogP contribution < -0.4 is 9.47 Å². The van der Waals surface area contributed by atoms with Crippen molar-refractivity contribution >= 4 is 11.7 Å². The van der Waals surface area contributed by atoms with Gasteiger partial charge in [-0.3, -0.25) is 14.5 Å². The Hall–Kier alpha value is -2.86. The summed E-state index contributed by atoms with van der Waals surface area (Å²) >= 11 is 0. The molecule has 2 aromatic rings. The van der Waals surface area contributed by atoms with Gasteiger partial charge in [0.05, 0.1) is 6.61 Å². The van der Waals surface area contributed by atoms with E-state index in [1.54, 1.807) is 24.3 Å². The minimum Gasteiger partial charge on any atom is -0.493 e. The van der Waals surface area contributed by atoms with E-state index in [-0.39, 0.29) is 18.3 Å². The number of ketones is 1. The zero-order valence-electron chi connectivity index (χ0n) is 16.7. The molecular weight excluding hydrogens is 368 g/mol. The minimum absolute atomic E-state index is 0.00465. The lowest BCUT2D eigenvalue weighted by molar-refractivity contribution is -0.135. The van der Waals surface area contributed by atoms with E-state index < -0.39 is 0 Å². The minimum atomic E-state index is -0.00465. The summed E-state index contributed by atoms with van der Waals surface area (Å²) < 4.78 is 11.2. The second-order valence-corrected chi connectivity index (χ2v) is 7.57. The van der Waals surface area contributed by atoms with E-state index in [9.17, 15) is 9.59 Å². The van der Waals surface area contributed by atoms with Crippen LogP contribution in [0.25, 0.3) is 0 Å². The molecule has 6 heteroatoms. The molecule has 2 aliphatic heterocycles. The SMILES string of the molecule is CC(=O)c1ccc(OCC(=O)N2CCN(Cc3ccc4c(c3)CCO4)CC2)cc1. The lowest BCUT2D eigenvalue weighted by Crippen LogP contribution is -2.49. The Kier molecular flexibility index (Phi) is 5.81. The Morgan fingerprint density at radius 1 is 1.03 bits per heavy atom. The highest BCUT2D eigenvalue weighted by Crippen LogP contribution is 2.26. The number of Topliss-reactive ketones (excluding diaryl/α,β-unsaturated/α-hetero) is 1. The van der Waals surface area contributed by atoms with Gasteiger partial charge >= 0.3 is 0 Å². The average Bonchev–Trinajstić information content (AvgIpc) is 3.21. The summed E-state index contributed by atoms with van der Waals surface area (Å²) in [5.74, 6) is 1.62. The van der Waals surface area contributed by atoms with Crippen LogP contribution in [0.1, 0.15) is 28.4 Å². The van der Waals surface area contributed by atoms with Gasteiger partial charge in [-0.2, -0.15) is 0 Å². The van der Waals surface area contributed by atoms with Gasteiger partial charge in [0.15, 0.2) is 12.4 Å². The van der Waals surface area contributed by atoms with Gasteiger partial charge in [-0.25, -0.2) is 0 Å². The molecule has 4 rings (SSSR count). The number of carbonyl (C=O) groups excluding carboxylic acids is 2. The van der Waals surface area contributed by atoms with Gasteiger partial charge in [-0.1, -0.05) is 12.1 Å². The van der Waals surface area contributed by atoms with E-state index in [1.165, 1.54) is 18.1 Å². The standard InChI is InChI=1S/C23H26N2O4/c1-17(26)19-3-5-21(6-4-19)29-16-23(27)25-11-9-24(10-12-25)15-18-2-7-22-20(14-18)8-13-28-22/h2-7,14H,8-13,15-16H2,1H3. The van der Waals surface area contributed by atoms with Crippen molar-refractivity contribution < 1.29 is 19.1 Å². The molecule has 0 spiro atoms. The van der Waals surface area contributed by atoms with Crippen molar-refractivity contribution in [2.75, 3.05) is 39.4 Å². The Morgan fingerprint density at radius 2 is 1.79 bits per heavy atom. The number of hydrogen-bond donors (Lipinski definition) is 0. The number of hydrogen-bond acceptors (Lipinski definition) is 5. The van der Waals surface area contributed by atoms with Crippen LogP contribution >= 0.6 is 0 Å². The van der Waals surface area contributed by atoms with E-state index in [1.807, 2.05) is 4.90 Å². The molecule has 1 saturated heterocycles. The third kappa shape index (κ3) is 4.77.